The van der Waals surface area contributed by atoms with Crippen LogP contribution in [-0.2, 0) is 6.54 Å². The molecule has 16 heavy (non-hydrogen) atoms. The number of benzene rings is 1. The Morgan fingerprint density at radius 3 is 2.94 bits per heavy atom. The van der Waals surface area contributed by atoms with Crippen molar-refractivity contribution in [2.75, 3.05) is 20.1 Å². The number of rotatable bonds is 3. The Labute approximate surface area is 103 Å². The van der Waals surface area contributed by atoms with Crippen molar-refractivity contribution >= 4 is 11.6 Å². The first-order chi connectivity index (χ1) is 7.77. The lowest BCUT2D eigenvalue weighted by Crippen LogP contribution is -2.43. The van der Waals surface area contributed by atoms with Crippen LogP contribution < -0.4 is 5.32 Å². The zero-order valence-corrected chi connectivity index (χ0v) is 10.5. The lowest BCUT2D eigenvalue weighted by atomic mass is 10.1. The molecule has 0 amide bonds. The van der Waals surface area contributed by atoms with Crippen LogP contribution in [0.3, 0.4) is 0 Å². The first kappa shape index (κ1) is 11.9. The van der Waals surface area contributed by atoms with Crippen LogP contribution >= 0.6 is 11.6 Å². The lowest BCUT2D eigenvalue weighted by Gasteiger charge is -2.31. The largest absolute Gasteiger partial charge is 0.315 e. The number of hydrogen-bond donors (Lipinski definition) is 1. The normalized spacial score (nSPS) is 21.3. The molecule has 88 valence electrons. The maximum Gasteiger partial charge on any atom is 0.0451 e. The van der Waals surface area contributed by atoms with Gasteiger partial charge in [0.15, 0.2) is 0 Å². The molecular weight excluding hydrogens is 220 g/mol. The van der Waals surface area contributed by atoms with Gasteiger partial charge in [-0.05, 0) is 38.1 Å². The molecule has 0 saturated carbocycles. The van der Waals surface area contributed by atoms with E-state index >= 15 is 0 Å². The van der Waals surface area contributed by atoms with Gasteiger partial charge in [0.1, 0.15) is 0 Å². The molecule has 1 aliphatic heterocycles. The van der Waals surface area contributed by atoms with E-state index in [1.807, 2.05) is 18.2 Å². The second-order valence-corrected chi connectivity index (χ2v) is 4.91. The van der Waals surface area contributed by atoms with E-state index in [-0.39, 0.29) is 0 Å². The fourth-order valence-electron chi connectivity index (χ4n) is 2.23. The molecule has 1 aromatic rings. The van der Waals surface area contributed by atoms with E-state index < -0.39 is 0 Å². The zero-order chi connectivity index (χ0) is 11.4. The second-order valence-electron chi connectivity index (χ2n) is 4.51. The maximum absolute atomic E-state index is 6.16. The molecule has 1 N–H and O–H groups in total. The Morgan fingerprint density at radius 2 is 2.25 bits per heavy atom. The molecule has 1 fully saturated rings. The Kier molecular flexibility index (Phi) is 4.22. The summed E-state index contributed by atoms with van der Waals surface area (Å²) in [5.41, 5.74) is 1.22. The number of piperidine rings is 1. The molecule has 1 saturated heterocycles. The number of halogens is 1. The number of likely N-dealkylation sites (N-methyl/N-ethyl adjacent to an activating group) is 1. The minimum Gasteiger partial charge on any atom is -0.315 e. The van der Waals surface area contributed by atoms with E-state index in [0.29, 0.717) is 6.04 Å². The third kappa shape index (κ3) is 2.97. The Hall–Kier alpha value is -0.570. The summed E-state index contributed by atoms with van der Waals surface area (Å²) in [6.07, 6.45) is 2.56. The summed E-state index contributed by atoms with van der Waals surface area (Å²) in [7, 11) is 2.18. The summed E-state index contributed by atoms with van der Waals surface area (Å²) >= 11 is 6.16. The lowest BCUT2D eigenvalue weighted by molar-refractivity contribution is 0.196. The highest BCUT2D eigenvalue weighted by atomic mass is 35.5. The molecule has 0 radical (unpaired) electrons. The molecule has 3 heteroatoms. The summed E-state index contributed by atoms with van der Waals surface area (Å²) in [6.45, 7) is 3.20. The van der Waals surface area contributed by atoms with Crippen molar-refractivity contribution in [1.29, 1.82) is 0 Å². The molecule has 1 unspecified atom stereocenters. The minimum absolute atomic E-state index is 0.644. The van der Waals surface area contributed by atoms with Crippen molar-refractivity contribution in [1.82, 2.24) is 10.2 Å². The Morgan fingerprint density at radius 1 is 1.44 bits per heavy atom. The molecule has 2 nitrogen and oxygen atoms in total. The van der Waals surface area contributed by atoms with Crippen LogP contribution in [-0.4, -0.2) is 31.1 Å². The number of hydrogen-bond acceptors (Lipinski definition) is 2. The monoisotopic (exact) mass is 238 g/mol. The van der Waals surface area contributed by atoms with Crippen molar-refractivity contribution in [3.63, 3.8) is 0 Å². The molecule has 1 aromatic carbocycles. The van der Waals surface area contributed by atoms with Gasteiger partial charge in [0.25, 0.3) is 0 Å². The van der Waals surface area contributed by atoms with E-state index in [1.54, 1.807) is 0 Å². The molecular formula is C13H19ClN2. The van der Waals surface area contributed by atoms with Gasteiger partial charge < -0.3 is 5.32 Å². The van der Waals surface area contributed by atoms with Crippen LogP contribution in [0.25, 0.3) is 0 Å². The molecule has 0 aliphatic carbocycles. The number of nitrogens with zero attached hydrogens (tertiary/aromatic N) is 1. The molecule has 1 aliphatic rings. The topological polar surface area (TPSA) is 15.3 Å². The van der Waals surface area contributed by atoms with Crippen molar-refractivity contribution in [2.45, 2.75) is 25.4 Å². The SMILES string of the molecule is CN(Cc1ccccc1Cl)C1CCCNC1. The molecule has 2 rings (SSSR count). The smallest absolute Gasteiger partial charge is 0.0451 e. The highest BCUT2D eigenvalue weighted by molar-refractivity contribution is 6.31. The minimum atomic E-state index is 0.644. The van der Waals surface area contributed by atoms with E-state index in [1.165, 1.54) is 18.4 Å². The van der Waals surface area contributed by atoms with Crippen molar-refractivity contribution in [2.24, 2.45) is 0 Å². The first-order valence-electron chi connectivity index (χ1n) is 5.92. The van der Waals surface area contributed by atoms with Gasteiger partial charge in [-0.1, -0.05) is 29.8 Å². The summed E-state index contributed by atoms with van der Waals surface area (Å²) in [4.78, 5) is 2.40. The van der Waals surface area contributed by atoms with E-state index in [9.17, 15) is 0 Å². The van der Waals surface area contributed by atoms with Gasteiger partial charge in [-0.15, -0.1) is 0 Å². The van der Waals surface area contributed by atoms with Crippen LogP contribution in [0.4, 0.5) is 0 Å². The molecule has 0 aromatic heterocycles. The van der Waals surface area contributed by atoms with Crippen LogP contribution in [0.1, 0.15) is 18.4 Å². The standard InChI is InChI=1S/C13H19ClN2/c1-16(12-6-4-8-15-9-12)10-11-5-2-3-7-13(11)14/h2-3,5,7,12,15H,4,6,8-10H2,1H3. The highest BCUT2D eigenvalue weighted by Gasteiger charge is 2.18. The summed E-state index contributed by atoms with van der Waals surface area (Å²) in [6, 6.07) is 8.74. The Bertz CT molecular complexity index is 334. The van der Waals surface area contributed by atoms with Crippen LogP contribution in [0.2, 0.25) is 5.02 Å². The third-order valence-electron chi connectivity index (χ3n) is 3.27. The summed E-state index contributed by atoms with van der Waals surface area (Å²) < 4.78 is 0. The van der Waals surface area contributed by atoms with E-state index in [0.717, 1.165) is 24.7 Å². The molecule has 1 atom stereocenters. The zero-order valence-electron chi connectivity index (χ0n) is 9.75. The van der Waals surface area contributed by atoms with Gasteiger partial charge in [-0.3, -0.25) is 4.90 Å². The average molecular weight is 239 g/mol. The van der Waals surface area contributed by atoms with Gasteiger partial charge in [0.05, 0.1) is 0 Å². The second kappa shape index (κ2) is 5.67. The van der Waals surface area contributed by atoms with Crippen molar-refractivity contribution in [3.05, 3.63) is 34.9 Å². The van der Waals surface area contributed by atoms with Gasteiger partial charge >= 0.3 is 0 Å². The fourth-order valence-corrected chi connectivity index (χ4v) is 2.43. The first-order valence-corrected chi connectivity index (χ1v) is 6.29. The van der Waals surface area contributed by atoms with Gasteiger partial charge in [-0.2, -0.15) is 0 Å². The fraction of sp³-hybridized carbons (Fsp3) is 0.538. The van der Waals surface area contributed by atoms with Crippen molar-refractivity contribution in [3.8, 4) is 0 Å². The quantitative estimate of drug-likeness (QED) is 0.871. The molecule has 0 spiro atoms. The summed E-state index contributed by atoms with van der Waals surface area (Å²) in [5.74, 6) is 0. The molecule has 0 bridgehead atoms. The average Bonchev–Trinajstić information content (AvgIpc) is 2.33. The van der Waals surface area contributed by atoms with Crippen LogP contribution in [0.5, 0.6) is 0 Å². The highest BCUT2D eigenvalue weighted by Crippen LogP contribution is 2.18. The predicted molar refractivity (Wildman–Crippen MR) is 68.8 cm³/mol. The van der Waals surface area contributed by atoms with Gasteiger partial charge in [-0.25, -0.2) is 0 Å². The third-order valence-corrected chi connectivity index (χ3v) is 3.64. The van der Waals surface area contributed by atoms with E-state index in [4.69, 9.17) is 11.6 Å². The van der Waals surface area contributed by atoms with Gasteiger partial charge in [0, 0.05) is 24.2 Å². The van der Waals surface area contributed by atoms with E-state index in [2.05, 4.69) is 23.3 Å². The molecule has 1 heterocycles. The summed E-state index contributed by atoms with van der Waals surface area (Å²) in [5, 5.41) is 4.31. The number of nitrogens with one attached hydrogen (secondary N) is 1. The van der Waals surface area contributed by atoms with Crippen molar-refractivity contribution < 1.29 is 0 Å². The van der Waals surface area contributed by atoms with Crippen LogP contribution in [0.15, 0.2) is 24.3 Å². The Balaban J connectivity index is 1.96. The van der Waals surface area contributed by atoms with Crippen LogP contribution in [0, 0.1) is 0 Å². The van der Waals surface area contributed by atoms with Gasteiger partial charge in [0.2, 0.25) is 0 Å². The maximum atomic E-state index is 6.16. The predicted octanol–water partition coefficient (Wildman–Crippen LogP) is 2.52.